The van der Waals surface area contributed by atoms with Gasteiger partial charge in [-0.05, 0) is 46.9 Å². The third-order valence-electron chi connectivity index (χ3n) is 8.82. The van der Waals surface area contributed by atoms with Crippen molar-refractivity contribution in [3.8, 4) is 17.6 Å². The summed E-state index contributed by atoms with van der Waals surface area (Å²) in [5.41, 5.74) is 3.92. The Morgan fingerprint density at radius 3 is 2.00 bits per heavy atom. The minimum absolute atomic E-state index is 0.0155. The van der Waals surface area contributed by atoms with Crippen LogP contribution < -0.4 is 24.2 Å². The zero-order valence-electron chi connectivity index (χ0n) is 27.6. The second-order valence-corrected chi connectivity index (χ2v) is 12.8. The number of thiazole rings is 1. The molecule has 0 spiro atoms. The summed E-state index contributed by atoms with van der Waals surface area (Å²) in [7, 11) is 3.13. The van der Waals surface area contributed by atoms with Gasteiger partial charge in [-0.3, -0.25) is 19.1 Å². The van der Waals surface area contributed by atoms with E-state index in [2.05, 4.69) is 35.2 Å². The molecule has 1 aliphatic rings. The quantitative estimate of drug-likeness (QED) is 0.216. The lowest BCUT2D eigenvalue weighted by Gasteiger charge is -2.39. The number of methoxy groups -OCH3 is 2. The van der Waals surface area contributed by atoms with Gasteiger partial charge in [-0.15, -0.1) is 11.3 Å². The first kappa shape index (κ1) is 33.5. The zero-order chi connectivity index (χ0) is 34.2. The summed E-state index contributed by atoms with van der Waals surface area (Å²) < 4.78 is 13.2. The number of carbonyl (C=O) groups excluding carboxylic acids is 1. The van der Waals surface area contributed by atoms with Crippen LogP contribution in [0.25, 0.3) is 11.6 Å². The Balaban J connectivity index is 1.33. The summed E-state index contributed by atoms with van der Waals surface area (Å²) in [4.78, 5) is 32.2. The van der Waals surface area contributed by atoms with Crippen molar-refractivity contribution in [2.24, 2.45) is 0 Å². The molecule has 4 aromatic carbocycles. The molecule has 1 fully saturated rings. The predicted molar refractivity (Wildman–Crippen MR) is 193 cm³/mol. The number of aromatic nitrogens is 1. The highest BCUT2D eigenvalue weighted by atomic mass is 32.1. The van der Waals surface area contributed by atoms with Crippen molar-refractivity contribution in [1.82, 2.24) is 14.4 Å². The van der Waals surface area contributed by atoms with Gasteiger partial charge in [0, 0.05) is 32.7 Å². The van der Waals surface area contributed by atoms with Crippen molar-refractivity contribution in [1.29, 1.82) is 5.26 Å². The molecule has 0 atom stereocenters. The number of nitriles is 1. The van der Waals surface area contributed by atoms with Crippen molar-refractivity contribution in [3.63, 3.8) is 0 Å². The number of nitrogens with zero attached hydrogens (tertiary/aromatic N) is 4. The second kappa shape index (κ2) is 15.6. The lowest BCUT2D eigenvalue weighted by molar-refractivity contribution is -0.126. The van der Waals surface area contributed by atoms with Gasteiger partial charge in [0.2, 0.25) is 0 Å². The average Bonchev–Trinajstić information content (AvgIpc) is 3.46. The number of piperazine rings is 1. The summed E-state index contributed by atoms with van der Waals surface area (Å²) in [6, 6.07) is 38.3. The molecule has 8 nitrogen and oxygen atoms in total. The first-order valence-electron chi connectivity index (χ1n) is 16.3. The smallest absolute Gasteiger partial charge is 0.269 e. The van der Waals surface area contributed by atoms with Crippen LogP contribution in [-0.2, 0) is 17.8 Å². The van der Waals surface area contributed by atoms with E-state index in [1.807, 2.05) is 72.8 Å². The zero-order valence-corrected chi connectivity index (χ0v) is 28.4. The third kappa shape index (κ3) is 7.51. The normalized spacial score (nSPS) is 14.4. The van der Waals surface area contributed by atoms with Gasteiger partial charge in [0.1, 0.15) is 10.7 Å². The van der Waals surface area contributed by atoms with E-state index in [9.17, 15) is 14.9 Å². The van der Waals surface area contributed by atoms with Crippen LogP contribution >= 0.6 is 11.3 Å². The molecule has 0 bridgehead atoms. The molecule has 248 valence electrons. The summed E-state index contributed by atoms with van der Waals surface area (Å²) in [5, 5.41) is 10.4. The number of benzene rings is 4. The fraction of sp³-hybridized carbons (Fsp3) is 0.225. The van der Waals surface area contributed by atoms with E-state index < -0.39 is 0 Å². The molecule has 1 amide bonds. The summed E-state index contributed by atoms with van der Waals surface area (Å²) in [5.74, 6) is 0.764. The topological polar surface area (TPSA) is 87.8 Å². The molecule has 49 heavy (non-hydrogen) atoms. The first-order chi connectivity index (χ1) is 24.0. The minimum atomic E-state index is -0.356. The van der Waals surface area contributed by atoms with Gasteiger partial charge in [0.25, 0.3) is 11.5 Å². The van der Waals surface area contributed by atoms with Gasteiger partial charge in [0.15, 0.2) is 17.1 Å². The molecule has 0 radical (unpaired) electrons. The summed E-state index contributed by atoms with van der Waals surface area (Å²) in [6.07, 6.45) is 2.34. The van der Waals surface area contributed by atoms with Crippen LogP contribution in [-0.4, -0.2) is 60.7 Å². The Hall–Kier alpha value is -5.43. The molecule has 0 N–H and O–H groups in total. The van der Waals surface area contributed by atoms with E-state index in [1.165, 1.54) is 22.5 Å². The van der Waals surface area contributed by atoms with Crippen LogP contribution in [0, 0.1) is 11.3 Å². The van der Waals surface area contributed by atoms with Crippen LogP contribution in [0.15, 0.2) is 114 Å². The van der Waals surface area contributed by atoms with Gasteiger partial charge in [-0.25, -0.2) is 0 Å². The maximum atomic E-state index is 14.1. The number of amides is 1. The van der Waals surface area contributed by atoms with Gasteiger partial charge in [-0.2, -0.15) is 5.26 Å². The molecule has 1 aliphatic heterocycles. The third-order valence-corrected chi connectivity index (χ3v) is 9.95. The lowest BCUT2D eigenvalue weighted by atomic mass is 9.96. The van der Waals surface area contributed by atoms with Crippen LogP contribution in [0.4, 0.5) is 0 Å². The molecule has 9 heteroatoms. The highest BCUT2D eigenvalue weighted by molar-refractivity contribution is 7.07. The van der Waals surface area contributed by atoms with E-state index in [4.69, 9.17) is 9.47 Å². The minimum Gasteiger partial charge on any atom is -0.493 e. The Morgan fingerprint density at radius 1 is 0.837 bits per heavy atom. The fourth-order valence-corrected chi connectivity index (χ4v) is 7.42. The average molecular weight is 671 g/mol. The van der Waals surface area contributed by atoms with Gasteiger partial charge < -0.3 is 14.4 Å². The molecular weight excluding hydrogens is 633 g/mol. The number of ether oxygens (including phenoxy) is 2. The molecule has 0 saturated carbocycles. The maximum Gasteiger partial charge on any atom is 0.269 e. The van der Waals surface area contributed by atoms with E-state index in [0.29, 0.717) is 59.8 Å². The largest absolute Gasteiger partial charge is 0.493 e. The summed E-state index contributed by atoms with van der Waals surface area (Å²) in [6.45, 7) is 2.54. The van der Waals surface area contributed by atoms with E-state index >= 15 is 0 Å². The van der Waals surface area contributed by atoms with E-state index in [-0.39, 0.29) is 23.1 Å². The van der Waals surface area contributed by atoms with Crippen LogP contribution in [0.2, 0.25) is 0 Å². The molecule has 2 heterocycles. The highest BCUT2D eigenvalue weighted by Crippen LogP contribution is 2.30. The van der Waals surface area contributed by atoms with Gasteiger partial charge >= 0.3 is 0 Å². The number of hydrogen-bond acceptors (Lipinski definition) is 7. The Bertz CT molecular complexity index is 2080. The van der Waals surface area contributed by atoms with Crippen molar-refractivity contribution < 1.29 is 14.3 Å². The molecule has 0 aliphatic carbocycles. The standard InChI is InChI=1S/C40H38N4O4S/c1-47-34-19-18-30(26-35(34)48-2)27-36-39(46)44(21-20-29-12-6-3-7-13-29)40(49-36)33(28-41)38(45)43-24-22-42(23-25-43)37(31-14-8-4-9-15-31)32-16-10-5-11-17-32/h3-19,26-27,37H,20-25H2,1-2H3/b36-27-,40-33-. The Labute approximate surface area is 290 Å². The predicted octanol–water partition coefficient (Wildman–Crippen LogP) is 4.61. The second-order valence-electron chi connectivity index (χ2n) is 11.8. The summed E-state index contributed by atoms with van der Waals surface area (Å²) >= 11 is 1.17. The molecule has 5 aromatic rings. The first-order valence-corrected chi connectivity index (χ1v) is 17.1. The van der Waals surface area contributed by atoms with E-state index in [0.717, 1.165) is 11.1 Å². The van der Waals surface area contributed by atoms with Crippen LogP contribution in [0.1, 0.15) is 28.3 Å². The van der Waals surface area contributed by atoms with Gasteiger partial charge in [0.05, 0.1) is 24.8 Å². The Morgan fingerprint density at radius 2 is 1.43 bits per heavy atom. The lowest BCUT2D eigenvalue weighted by Crippen LogP contribution is -2.50. The van der Waals surface area contributed by atoms with Crippen molar-refractivity contribution in [2.45, 2.75) is 19.0 Å². The number of carbonyl (C=O) groups is 1. The van der Waals surface area contributed by atoms with Crippen molar-refractivity contribution in [3.05, 3.63) is 151 Å². The van der Waals surface area contributed by atoms with Crippen LogP contribution in [0.5, 0.6) is 11.5 Å². The van der Waals surface area contributed by atoms with Crippen molar-refractivity contribution in [2.75, 3.05) is 40.4 Å². The molecule has 1 saturated heterocycles. The maximum absolute atomic E-state index is 14.1. The molecular formula is C40H38N4O4S. The number of hydrogen-bond donors (Lipinski definition) is 0. The Kier molecular flexibility index (Phi) is 10.7. The van der Waals surface area contributed by atoms with Crippen molar-refractivity contribution >= 4 is 28.9 Å². The molecule has 1 aromatic heterocycles. The van der Waals surface area contributed by atoms with E-state index in [1.54, 1.807) is 41.9 Å². The molecule has 6 rings (SSSR count). The molecule has 0 unspecified atom stereocenters. The van der Waals surface area contributed by atoms with Gasteiger partial charge in [-0.1, -0.05) is 97.1 Å². The SMILES string of the molecule is COc1ccc(/C=c2\s/c(=C(/C#N)C(=O)N3CCN(C(c4ccccc4)c4ccccc4)CC3)n(CCc3ccccc3)c2=O)cc1OC. The highest BCUT2D eigenvalue weighted by Gasteiger charge is 2.30. The number of aryl methyl sites for hydroxylation is 1. The monoisotopic (exact) mass is 670 g/mol. The van der Waals surface area contributed by atoms with Crippen LogP contribution in [0.3, 0.4) is 0 Å². The number of rotatable bonds is 10. The fourth-order valence-electron chi connectivity index (χ4n) is 6.30.